The first kappa shape index (κ1) is 23.7. The van der Waals surface area contributed by atoms with E-state index in [1.54, 1.807) is 12.1 Å². The lowest BCUT2D eigenvalue weighted by atomic mass is 10.2. The van der Waals surface area contributed by atoms with Crippen LogP contribution < -0.4 is 21.9 Å². The van der Waals surface area contributed by atoms with Gasteiger partial charge in [-0.2, -0.15) is 0 Å². The molecule has 0 radical (unpaired) electrons. The average Bonchev–Trinajstić information content (AvgIpc) is 2.87. The number of nitrogens with zero attached hydrogens (tertiary/aromatic N) is 3. The molecule has 9 heteroatoms. The smallest absolute Gasteiger partial charge is 0.330 e. The van der Waals surface area contributed by atoms with E-state index < -0.39 is 17.2 Å². The predicted molar refractivity (Wildman–Crippen MR) is 136 cm³/mol. The van der Waals surface area contributed by atoms with Crippen LogP contribution in [-0.4, -0.2) is 34.2 Å². The molecule has 2 aromatic heterocycles. The van der Waals surface area contributed by atoms with Crippen LogP contribution in [0.15, 0.2) is 82.4 Å². The third-order valence-corrected chi connectivity index (χ3v) is 5.47. The van der Waals surface area contributed by atoms with E-state index in [-0.39, 0.29) is 31.2 Å². The van der Waals surface area contributed by atoms with Crippen molar-refractivity contribution in [1.82, 2.24) is 14.5 Å². The van der Waals surface area contributed by atoms with Gasteiger partial charge in [0.2, 0.25) is 0 Å². The second-order valence-corrected chi connectivity index (χ2v) is 7.81. The van der Waals surface area contributed by atoms with E-state index in [1.807, 2.05) is 60.7 Å². The number of pyridine rings is 1. The number of nitrogens with one attached hydrogen (secondary N) is 1. The quantitative estimate of drug-likeness (QED) is 0.381. The van der Waals surface area contributed by atoms with Gasteiger partial charge in [0.05, 0.1) is 30.9 Å². The highest BCUT2D eigenvalue weighted by Gasteiger charge is 2.23. The van der Waals surface area contributed by atoms with Crippen LogP contribution in [0.4, 0.5) is 11.5 Å². The lowest BCUT2D eigenvalue weighted by molar-refractivity contribution is -0.114. The van der Waals surface area contributed by atoms with E-state index in [1.165, 1.54) is 22.7 Å². The molecule has 9 nitrogen and oxygen atoms in total. The van der Waals surface area contributed by atoms with Crippen molar-refractivity contribution < 1.29 is 9.53 Å². The Morgan fingerprint density at radius 1 is 1.09 bits per heavy atom. The number of para-hydroxylation sites is 1. The van der Waals surface area contributed by atoms with Crippen molar-refractivity contribution in [2.75, 3.05) is 24.4 Å². The molecule has 0 atom stereocenters. The van der Waals surface area contributed by atoms with Gasteiger partial charge in [-0.25, -0.2) is 9.78 Å². The number of aromatic nitrogens is 3. The molecule has 4 rings (SSSR count). The van der Waals surface area contributed by atoms with Crippen LogP contribution in [0, 0.1) is 0 Å². The van der Waals surface area contributed by atoms with Gasteiger partial charge in [-0.3, -0.25) is 24.0 Å². The minimum absolute atomic E-state index is 0.0743. The molecule has 4 aromatic rings. The maximum atomic E-state index is 13.4. The third kappa shape index (κ3) is 5.36. The Morgan fingerprint density at radius 3 is 2.60 bits per heavy atom. The number of hydrogen-bond acceptors (Lipinski definition) is 6. The van der Waals surface area contributed by atoms with Crippen LogP contribution in [-0.2, 0) is 22.6 Å². The summed E-state index contributed by atoms with van der Waals surface area (Å²) in [5.41, 5.74) is 6.89. The molecule has 2 heterocycles. The number of H-pyrrole nitrogens is 1. The van der Waals surface area contributed by atoms with Gasteiger partial charge in [-0.1, -0.05) is 54.6 Å². The predicted octanol–water partition coefficient (Wildman–Crippen LogP) is 2.56. The molecule has 0 spiro atoms. The number of aromatic amines is 1. The van der Waals surface area contributed by atoms with Crippen molar-refractivity contribution in [3.63, 3.8) is 0 Å². The summed E-state index contributed by atoms with van der Waals surface area (Å²) in [6.45, 7) is 0.399. The molecule has 0 unspecified atom stereocenters. The molecule has 0 aliphatic heterocycles. The fourth-order valence-corrected chi connectivity index (χ4v) is 3.70. The van der Waals surface area contributed by atoms with E-state index in [0.717, 1.165) is 16.5 Å². The van der Waals surface area contributed by atoms with Crippen LogP contribution in [0.1, 0.15) is 11.3 Å². The fraction of sp³-hybridized carbons (Fsp3) is 0.154. The Bertz CT molecular complexity index is 1490. The topological polar surface area (TPSA) is 123 Å². The summed E-state index contributed by atoms with van der Waals surface area (Å²) in [7, 11) is 1.49. The number of rotatable bonds is 8. The molecule has 0 aliphatic carbocycles. The minimum Gasteiger partial charge on any atom is -0.383 e. The summed E-state index contributed by atoms with van der Waals surface area (Å²) < 4.78 is 6.22. The second-order valence-electron chi connectivity index (χ2n) is 7.81. The highest BCUT2D eigenvalue weighted by molar-refractivity contribution is 6.05. The van der Waals surface area contributed by atoms with Crippen molar-refractivity contribution in [3.8, 4) is 0 Å². The Hall–Kier alpha value is -4.50. The van der Waals surface area contributed by atoms with E-state index in [9.17, 15) is 14.4 Å². The number of nitrogen functional groups attached to an aromatic ring is 1. The van der Waals surface area contributed by atoms with Gasteiger partial charge in [-0.05, 0) is 23.8 Å². The highest BCUT2D eigenvalue weighted by Crippen LogP contribution is 2.21. The lowest BCUT2D eigenvalue weighted by Gasteiger charge is -2.23. The minimum atomic E-state index is -0.748. The van der Waals surface area contributed by atoms with Crippen LogP contribution in [0.3, 0.4) is 0 Å². The zero-order valence-corrected chi connectivity index (χ0v) is 19.2. The first-order chi connectivity index (χ1) is 17.0. The van der Waals surface area contributed by atoms with Crippen molar-refractivity contribution in [1.29, 1.82) is 0 Å². The van der Waals surface area contributed by atoms with E-state index in [2.05, 4.69) is 9.97 Å². The maximum Gasteiger partial charge on any atom is 0.330 e. The van der Waals surface area contributed by atoms with Crippen LogP contribution in [0.25, 0.3) is 17.0 Å². The average molecular weight is 472 g/mol. The number of benzene rings is 2. The zero-order chi connectivity index (χ0) is 24.8. The van der Waals surface area contributed by atoms with Crippen molar-refractivity contribution in [2.24, 2.45) is 0 Å². The number of ether oxygens (including phenoxy) is 1. The fourth-order valence-electron chi connectivity index (χ4n) is 3.70. The molecule has 0 bridgehead atoms. The number of carbonyl (C=O) groups excluding carboxylic acids is 1. The molecule has 178 valence electrons. The van der Waals surface area contributed by atoms with Crippen LogP contribution in [0.5, 0.6) is 0 Å². The van der Waals surface area contributed by atoms with E-state index >= 15 is 0 Å². The number of nitrogens with two attached hydrogens (primary N) is 1. The number of hydrogen-bond donors (Lipinski definition) is 2. The molecule has 35 heavy (non-hydrogen) atoms. The Balaban J connectivity index is 1.74. The Labute approximate surface area is 201 Å². The Morgan fingerprint density at radius 2 is 1.83 bits per heavy atom. The molecular formula is C26H25N5O4. The molecule has 0 fully saturated rings. The SMILES string of the molecule is COCCn1c(N)c(N(Cc2ccccc2)C(=O)/C=C/c2ccc3ccccc3n2)c(=O)[nH]c1=O. The van der Waals surface area contributed by atoms with Crippen molar-refractivity contribution >= 4 is 34.4 Å². The summed E-state index contributed by atoms with van der Waals surface area (Å²) in [5.74, 6) is -0.602. The van der Waals surface area contributed by atoms with Crippen LogP contribution >= 0.6 is 0 Å². The summed E-state index contributed by atoms with van der Waals surface area (Å²) in [6.07, 6.45) is 2.92. The summed E-state index contributed by atoms with van der Waals surface area (Å²) in [5, 5.41) is 0.985. The lowest BCUT2D eigenvalue weighted by Crippen LogP contribution is -2.40. The first-order valence-electron chi connectivity index (χ1n) is 11.0. The number of methoxy groups -OCH3 is 1. The van der Waals surface area contributed by atoms with Crippen molar-refractivity contribution in [2.45, 2.75) is 13.1 Å². The van der Waals surface area contributed by atoms with Gasteiger partial charge in [0, 0.05) is 18.6 Å². The van der Waals surface area contributed by atoms with Gasteiger partial charge in [0.1, 0.15) is 5.82 Å². The largest absolute Gasteiger partial charge is 0.383 e. The highest BCUT2D eigenvalue weighted by atomic mass is 16.5. The summed E-state index contributed by atoms with van der Waals surface area (Å²) in [4.78, 5) is 46.6. The summed E-state index contributed by atoms with van der Waals surface area (Å²) >= 11 is 0. The number of amides is 1. The van der Waals surface area contributed by atoms with Gasteiger partial charge >= 0.3 is 5.69 Å². The molecule has 1 amide bonds. The number of carbonyl (C=O) groups is 1. The van der Waals surface area contributed by atoms with Gasteiger partial charge in [-0.15, -0.1) is 0 Å². The number of anilines is 2. The van der Waals surface area contributed by atoms with E-state index in [4.69, 9.17) is 10.5 Å². The van der Waals surface area contributed by atoms with Crippen LogP contribution in [0.2, 0.25) is 0 Å². The zero-order valence-electron chi connectivity index (χ0n) is 19.2. The van der Waals surface area contributed by atoms with Gasteiger partial charge in [0.15, 0.2) is 5.69 Å². The second kappa shape index (κ2) is 10.6. The normalized spacial score (nSPS) is 11.2. The molecule has 0 aliphatic rings. The monoisotopic (exact) mass is 471 g/mol. The molecule has 3 N–H and O–H groups in total. The molecular weight excluding hydrogens is 446 g/mol. The molecule has 0 saturated carbocycles. The first-order valence-corrected chi connectivity index (χ1v) is 11.0. The standard InChI is InChI=1S/C26H25N5O4/c1-35-16-15-30-24(27)23(25(33)29-26(30)34)31(17-18-7-3-2-4-8-18)22(32)14-13-20-12-11-19-9-5-6-10-21(19)28-20/h2-14H,15-17,27H2,1H3,(H,29,33,34)/b14-13+. The van der Waals surface area contributed by atoms with Gasteiger partial charge in [0.25, 0.3) is 11.5 Å². The van der Waals surface area contributed by atoms with Gasteiger partial charge < -0.3 is 10.5 Å². The maximum absolute atomic E-state index is 13.4. The third-order valence-electron chi connectivity index (χ3n) is 5.47. The van der Waals surface area contributed by atoms with Crippen molar-refractivity contribution in [3.05, 3.63) is 105 Å². The molecule has 0 saturated heterocycles. The summed E-state index contributed by atoms with van der Waals surface area (Å²) in [6, 6.07) is 20.6. The molecule has 2 aromatic carbocycles. The number of fused-ring (bicyclic) bond motifs is 1. The Kier molecular flexibility index (Phi) is 7.18. The van der Waals surface area contributed by atoms with E-state index in [0.29, 0.717) is 5.69 Å².